The van der Waals surface area contributed by atoms with Gasteiger partial charge in [0.2, 0.25) is 0 Å². The summed E-state index contributed by atoms with van der Waals surface area (Å²) in [5.41, 5.74) is 4.60. The van der Waals surface area contributed by atoms with Crippen molar-refractivity contribution in [2.45, 2.75) is 19.8 Å². The standard InChI is InChI=1S/C17H15BrO/c1-11-8-14(6-7-16(11)18)17(19)15-9-12-4-2-3-5-13(12)10-15/h2-8,15H,9-10H2,1H3. The van der Waals surface area contributed by atoms with Crippen molar-refractivity contribution in [3.8, 4) is 0 Å². The molecule has 0 N–H and O–H groups in total. The molecule has 0 atom stereocenters. The maximum Gasteiger partial charge on any atom is 0.166 e. The predicted octanol–water partition coefficient (Wildman–Crippen LogP) is 4.36. The molecule has 19 heavy (non-hydrogen) atoms. The highest BCUT2D eigenvalue weighted by Crippen LogP contribution is 2.29. The van der Waals surface area contributed by atoms with Crippen LogP contribution in [-0.2, 0) is 12.8 Å². The van der Waals surface area contributed by atoms with Crippen molar-refractivity contribution in [3.63, 3.8) is 0 Å². The number of fused-ring (bicyclic) bond motifs is 1. The molecule has 2 aromatic rings. The van der Waals surface area contributed by atoms with E-state index in [1.807, 2.05) is 25.1 Å². The fraction of sp³-hybridized carbons (Fsp3) is 0.235. The number of hydrogen-bond acceptors (Lipinski definition) is 1. The van der Waals surface area contributed by atoms with Gasteiger partial charge in [0.05, 0.1) is 0 Å². The molecule has 3 rings (SSSR count). The van der Waals surface area contributed by atoms with Crippen LogP contribution in [-0.4, -0.2) is 5.78 Å². The molecular formula is C17H15BrO. The molecule has 0 spiro atoms. The van der Waals surface area contributed by atoms with Crippen molar-refractivity contribution < 1.29 is 4.79 Å². The Labute approximate surface area is 121 Å². The second-order valence-electron chi connectivity index (χ2n) is 5.20. The zero-order valence-electron chi connectivity index (χ0n) is 10.8. The molecule has 2 heteroatoms. The summed E-state index contributed by atoms with van der Waals surface area (Å²) in [5, 5.41) is 0. The Kier molecular flexibility index (Phi) is 3.28. The fourth-order valence-corrected chi connectivity index (χ4v) is 3.02. The zero-order chi connectivity index (χ0) is 13.4. The van der Waals surface area contributed by atoms with Crippen molar-refractivity contribution >= 4 is 21.7 Å². The third-order valence-corrected chi connectivity index (χ3v) is 4.75. The van der Waals surface area contributed by atoms with E-state index in [-0.39, 0.29) is 11.7 Å². The van der Waals surface area contributed by atoms with Gasteiger partial charge in [-0.3, -0.25) is 4.79 Å². The largest absolute Gasteiger partial charge is 0.294 e. The van der Waals surface area contributed by atoms with Crippen LogP contribution in [0.15, 0.2) is 46.9 Å². The van der Waals surface area contributed by atoms with Gasteiger partial charge in [-0.2, -0.15) is 0 Å². The smallest absolute Gasteiger partial charge is 0.166 e. The van der Waals surface area contributed by atoms with Crippen LogP contribution < -0.4 is 0 Å². The van der Waals surface area contributed by atoms with Crippen LogP contribution in [0.2, 0.25) is 0 Å². The molecule has 0 bridgehead atoms. The first-order valence-electron chi connectivity index (χ1n) is 6.52. The number of carbonyl (C=O) groups excluding carboxylic acids is 1. The van der Waals surface area contributed by atoms with Gasteiger partial charge in [-0.05, 0) is 48.6 Å². The Morgan fingerprint density at radius 3 is 2.32 bits per heavy atom. The van der Waals surface area contributed by atoms with E-state index in [1.165, 1.54) is 11.1 Å². The summed E-state index contributed by atoms with van der Waals surface area (Å²) in [5.74, 6) is 0.379. The molecule has 1 nitrogen and oxygen atoms in total. The highest BCUT2D eigenvalue weighted by molar-refractivity contribution is 9.10. The number of rotatable bonds is 2. The number of aryl methyl sites for hydroxylation is 1. The summed E-state index contributed by atoms with van der Waals surface area (Å²) in [6.45, 7) is 2.02. The number of Topliss-reactive ketones (excluding diaryl/α,β-unsaturated/α-hetero) is 1. The van der Waals surface area contributed by atoms with E-state index >= 15 is 0 Å². The molecule has 96 valence electrons. The first kappa shape index (κ1) is 12.6. The third kappa shape index (κ3) is 2.37. The maximum atomic E-state index is 12.6. The molecule has 0 aliphatic heterocycles. The summed E-state index contributed by atoms with van der Waals surface area (Å²) >= 11 is 3.47. The van der Waals surface area contributed by atoms with Crippen LogP contribution in [0.25, 0.3) is 0 Å². The first-order valence-corrected chi connectivity index (χ1v) is 7.31. The summed E-state index contributed by atoms with van der Waals surface area (Å²) in [6.07, 6.45) is 1.76. The maximum absolute atomic E-state index is 12.6. The first-order chi connectivity index (χ1) is 9.15. The minimum atomic E-state index is 0.109. The Bertz CT molecular complexity index is 620. The molecule has 1 aliphatic rings. The summed E-state index contributed by atoms with van der Waals surface area (Å²) in [7, 11) is 0. The number of benzene rings is 2. The lowest BCUT2D eigenvalue weighted by Crippen LogP contribution is -2.15. The molecule has 2 aromatic carbocycles. The number of halogens is 1. The van der Waals surface area contributed by atoms with Gasteiger partial charge >= 0.3 is 0 Å². The molecule has 0 radical (unpaired) electrons. The second-order valence-corrected chi connectivity index (χ2v) is 6.06. The quantitative estimate of drug-likeness (QED) is 0.753. The van der Waals surface area contributed by atoms with Gasteiger partial charge in [-0.25, -0.2) is 0 Å². The molecule has 0 saturated carbocycles. The Morgan fingerprint density at radius 1 is 1.11 bits per heavy atom. The Hall–Kier alpha value is -1.41. The fourth-order valence-electron chi connectivity index (χ4n) is 2.78. The van der Waals surface area contributed by atoms with Crippen molar-refractivity contribution in [3.05, 3.63) is 69.2 Å². The van der Waals surface area contributed by atoms with Crippen LogP contribution in [0.5, 0.6) is 0 Å². The second kappa shape index (κ2) is 4.93. The van der Waals surface area contributed by atoms with E-state index in [2.05, 4.69) is 40.2 Å². The molecule has 1 aliphatic carbocycles. The van der Waals surface area contributed by atoms with Gasteiger partial charge < -0.3 is 0 Å². The van der Waals surface area contributed by atoms with Gasteiger partial charge in [0.15, 0.2) is 5.78 Å². The number of hydrogen-bond donors (Lipinski definition) is 0. The van der Waals surface area contributed by atoms with Gasteiger partial charge in [-0.1, -0.05) is 46.3 Å². The lowest BCUT2D eigenvalue weighted by Gasteiger charge is -2.09. The molecule has 0 aromatic heterocycles. The molecule has 0 heterocycles. The van der Waals surface area contributed by atoms with Gasteiger partial charge in [-0.15, -0.1) is 0 Å². The number of carbonyl (C=O) groups is 1. The minimum absolute atomic E-state index is 0.109. The SMILES string of the molecule is Cc1cc(C(=O)C2Cc3ccccc3C2)ccc1Br. The van der Waals surface area contributed by atoms with Crippen LogP contribution in [0.1, 0.15) is 27.0 Å². The minimum Gasteiger partial charge on any atom is -0.294 e. The zero-order valence-corrected chi connectivity index (χ0v) is 12.4. The highest BCUT2D eigenvalue weighted by atomic mass is 79.9. The molecular weight excluding hydrogens is 300 g/mol. The van der Waals surface area contributed by atoms with E-state index in [0.29, 0.717) is 0 Å². The summed E-state index contributed by atoms with van der Waals surface area (Å²) < 4.78 is 1.05. The Balaban J connectivity index is 1.85. The average Bonchev–Trinajstić information content (AvgIpc) is 2.85. The third-order valence-electron chi connectivity index (χ3n) is 3.86. The molecule has 0 unspecified atom stereocenters. The molecule has 0 fully saturated rings. The normalized spacial score (nSPS) is 14.4. The molecule has 0 saturated heterocycles. The van der Waals surface area contributed by atoms with Crippen LogP contribution in [0.4, 0.5) is 0 Å². The number of ketones is 1. The van der Waals surface area contributed by atoms with Crippen LogP contribution >= 0.6 is 15.9 Å². The lowest BCUT2D eigenvalue weighted by molar-refractivity contribution is 0.0924. The van der Waals surface area contributed by atoms with Crippen molar-refractivity contribution in [1.29, 1.82) is 0 Å². The van der Waals surface area contributed by atoms with Crippen molar-refractivity contribution in [2.24, 2.45) is 5.92 Å². The topological polar surface area (TPSA) is 17.1 Å². The average molecular weight is 315 g/mol. The van der Waals surface area contributed by atoms with E-state index in [4.69, 9.17) is 0 Å². The van der Waals surface area contributed by atoms with E-state index in [0.717, 1.165) is 28.4 Å². The Morgan fingerprint density at radius 2 is 1.74 bits per heavy atom. The van der Waals surface area contributed by atoms with Gasteiger partial charge in [0, 0.05) is 16.0 Å². The van der Waals surface area contributed by atoms with E-state index in [9.17, 15) is 4.79 Å². The van der Waals surface area contributed by atoms with Crippen molar-refractivity contribution in [1.82, 2.24) is 0 Å². The van der Waals surface area contributed by atoms with Crippen LogP contribution in [0, 0.1) is 12.8 Å². The van der Waals surface area contributed by atoms with E-state index in [1.54, 1.807) is 0 Å². The van der Waals surface area contributed by atoms with Crippen molar-refractivity contribution in [2.75, 3.05) is 0 Å². The monoisotopic (exact) mass is 314 g/mol. The van der Waals surface area contributed by atoms with E-state index < -0.39 is 0 Å². The van der Waals surface area contributed by atoms with Gasteiger partial charge in [0.1, 0.15) is 0 Å². The summed E-state index contributed by atoms with van der Waals surface area (Å²) in [6, 6.07) is 14.2. The molecule has 0 amide bonds. The van der Waals surface area contributed by atoms with Crippen LogP contribution in [0.3, 0.4) is 0 Å². The lowest BCUT2D eigenvalue weighted by atomic mass is 9.94. The predicted molar refractivity (Wildman–Crippen MR) is 80.5 cm³/mol. The highest BCUT2D eigenvalue weighted by Gasteiger charge is 2.27. The summed E-state index contributed by atoms with van der Waals surface area (Å²) in [4.78, 5) is 12.6. The van der Waals surface area contributed by atoms with Gasteiger partial charge in [0.25, 0.3) is 0 Å².